The molecule has 2 unspecified atom stereocenters. The van der Waals surface area contributed by atoms with Gasteiger partial charge in [0.05, 0.1) is 11.0 Å². The Balaban J connectivity index is 1.74. The highest BCUT2D eigenvalue weighted by Crippen LogP contribution is 2.36. The normalized spacial score (nSPS) is 25.9. The van der Waals surface area contributed by atoms with E-state index in [9.17, 15) is 0 Å². The first-order chi connectivity index (χ1) is 9.81. The van der Waals surface area contributed by atoms with Crippen molar-refractivity contribution < 1.29 is 9.47 Å². The second-order valence-electron chi connectivity index (χ2n) is 5.69. The van der Waals surface area contributed by atoms with Crippen molar-refractivity contribution in [2.75, 3.05) is 13.2 Å². The molecule has 2 aromatic rings. The van der Waals surface area contributed by atoms with Gasteiger partial charge in [-0.15, -0.1) is 0 Å². The molecule has 3 N–H and O–H groups in total. The monoisotopic (exact) mass is 273 g/mol. The van der Waals surface area contributed by atoms with Crippen LogP contribution < -0.4 is 15.2 Å². The van der Waals surface area contributed by atoms with E-state index in [1.54, 1.807) is 0 Å². The van der Waals surface area contributed by atoms with Crippen LogP contribution in [-0.2, 0) is 0 Å². The fourth-order valence-electron chi connectivity index (χ4n) is 3.24. The zero-order chi connectivity index (χ0) is 13.5. The van der Waals surface area contributed by atoms with Gasteiger partial charge in [-0.1, -0.05) is 12.8 Å². The van der Waals surface area contributed by atoms with E-state index in [4.69, 9.17) is 20.2 Å². The van der Waals surface area contributed by atoms with E-state index in [0.29, 0.717) is 19.1 Å². The van der Waals surface area contributed by atoms with Gasteiger partial charge in [-0.3, -0.25) is 0 Å². The Bertz CT molecular complexity index is 594. The summed E-state index contributed by atoms with van der Waals surface area (Å²) in [6.45, 7) is 1.20. The van der Waals surface area contributed by atoms with Gasteiger partial charge in [0.25, 0.3) is 0 Å². The molecular formula is C15H19N3O2. The zero-order valence-corrected chi connectivity index (χ0v) is 11.4. The van der Waals surface area contributed by atoms with Gasteiger partial charge in [-0.05, 0) is 12.8 Å². The predicted molar refractivity (Wildman–Crippen MR) is 76.3 cm³/mol. The Morgan fingerprint density at radius 1 is 1.10 bits per heavy atom. The average molecular weight is 273 g/mol. The van der Waals surface area contributed by atoms with Crippen LogP contribution in [0.5, 0.6) is 11.5 Å². The van der Waals surface area contributed by atoms with E-state index < -0.39 is 0 Å². The van der Waals surface area contributed by atoms with Crippen LogP contribution in [0.15, 0.2) is 12.1 Å². The van der Waals surface area contributed by atoms with E-state index in [1.807, 2.05) is 12.1 Å². The first-order valence-electron chi connectivity index (χ1n) is 7.36. The van der Waals surface area contributed by atoms with Gasteiger partial charge < -0.3 is 20.2 Å². The maximum Gasteiger partial charge on any atom is 0.163 e. The number of aromatic nitrogens is 2. The Morgan fingerprint density at radius 2 is 1.85 bits per heavy atom. The maximum absolute atomic E-state index is 6.25. The number of hydrogen-bond acceptors (Lipinski definition) is 4. The molecule has 0 radical (unpaired) electrons. The molecule has 1 fully saturated rings. The zero-order valence-electron chi connectivity index (χ0n) is 11.4. The van der Waals surface area contributed by atoms with Crippen molar-refractivity contribution in [3.8, 4) is 11.5 Å². The van der Waals surface area contributed by atoms with Gasteiger partial charge in [0, 0.05) is 24.1 Å². The molecule has 2 heterocycles. The second kappa shape index (κ2) is 4.66. The standard InChI is InChI=1S/C15H19N3O2/c16-10-4-2-1-3-9(10)15-17-11-7-13-14(8-12(11)18-15)20-6-5-19-13/h7-10H,1-6,16H2,(H,17,18). The van der Waals surface area contributed by atoms with Crippen LogP contribution in [0.3, 0.4) is 0 Å². The van der Waals surface area contributed by atoms with Crippen LogP contribution in [-0.4, -0.2) is 29.2 Å². The SMILES string of the molecule is NC1CCCCC1c1nc2cc3c(cc2[nH]1)OCCO3. The number of imidazole rings is 1. The summed E-state index contributed by atoms with van der Waals surface area (Å²) in [5.74, 6) is 2.94. The van der Waals surface area contributed by atoms with Crippen LogP contribution in [0.25, 0.3) is 11.0 Å². The van der Waals surface area contributed by atoms with Crippen molar-refractivity contribution in [3.05, 3.63) is 18.0 Å². The number of rotatable bonds is 1. The van der Waals surface area contributed by atoms with Gasteiger partial charge in [-0.2, -0.15) is 0 Å². The van der Waals surface area contributed by atoms with Crippen molar-refractivity contribution in [1.29, 1.82) is 0 Å². The fourth-order valence-corrected chi connectivity index (χ4v) is 3.24. The summed E-state index contributed by atoms with van der Waals surface area (Å²) in [7, 11) is 0. The highest BCUT2D eigenvalue weighted by atomic mass is 16.6. The molecule has 5 heteroatoms. The first kappa shape index (κ1) is 12.0. The quantitative estimate of drug-likeness (QED) is 0.836. The Hall–Kier alpha value is -1.75. The number of nitrogens with zero attached hydrogens (tertiary/aromatic N) is 1. The van der Waals surface area contributed by atoms with E-state index in [1.165, 1.54) is 12.8 Å². The molecule has 2 atom stereocenters. The molecule has 1 aliphatic heterocycles. The minimum absolute atomic E-state index is 0.214. The topological polar surface area (TPSA) is 73.2 Å². The summed E-state index contributed by atoms with van der Waals surface area (Å²) < 4.78 is 11.2. The number of aromatic amines is 1. The maximum atomic E-state index is 6.25. The molecule has 2 aliphatic rings. The van der Waals surface area contributed by atoms with Crippen molar-refractivity contribution in [1.82, 2.24) is 9.97 Å². The molecule has 20 heavy (non-hydrogen) atoms. The molecule has 5 nitrogen and oxygen atoms in total. The highest BCUT2D eigenvalue weighted by Gasteiger charge is 2.26. The smallest absolute Gasteiger partial charge is 0.163 e. The van der Waals surface area contributed by atoms with Gasteiger partial charge >= 0.3 is 0 Å². The lowest BCUT2D eigenvalue weighted by Crippen LogP contribution is -2.31. The molecule has 1 aromatic carbocycles. The van der Waals surface area contributed by atoms with Crippen LogP contribution in [0, 0.1) is 0 Å². The summed E-state index contributed by atoms with van der Waals surface area (Å²) in [6.07, 6.45) is 4.67. The van der Waals surface area contributed by atoms with Crippen LogP contribution >= 0.6 is 0 Å². The first-order valence-corrected chi connectivity index (χ1v) is 7.36. The fraction of sp³-hybridized carbons (Fsp3) is 0.533. The van der Waals surface area contributed by atoms with Gasteiger partial charge in [-0.25, -0.2) is 4.98 Å². The summed E-state index contributed by atoms with van der Waals surface area (Å²) in [5, 5.41) is 0. The van der Waals surface area contributed by atoms with Crippen LogP contribution in [0.2, 0.25) is 0 Å². The molecule has 1 aromatic heterocycles. The molecule has 4 rings (SSSR count). The van der Waals surface area contributed by atoms with E-state index in [2.05, 4.69) is 4.98 Å². The Kier molecular flexibility index (Phi) is 2.80. The number of nitrogens with one attached hydrogen (secondary N) is 1. The molecule has 106 valence electrons. The third-order valence-corrected chi connectivity index (χ3v) is 4.33. The van der Waals surface area contributed by atoms with Crippen molar-refractivity contribution >= 4 is 11.0 Å². The summed E-state index contributed by atoms with van der Waals surface area (Å²) in [5.41, 5.74) is 8.18. The number of fused-ring (bicyclic) bond motifs is 2. The highest BCUT2D eigenvalue weighted by molar-refractivity contribution is 5.80. The molecule has 0 saturated heterocycles. The molecule has 1 saturated carbocycles. The third-order valence-electron chi connectivity index (χ3n) is 4.33. The molecule has 1 aliphatic carbocycles. The van der Waals surface area contributed by atoms with E-state index >= 15 is 0 Å². The lowest BCUT2D eigenvalue weighted by Gasteiger charge is -2.26. The van der Waals surface area contributed by atoms with Crippen molar-refractivity contribution in [3.63, 3.8) is 0 Å². The van der Waals surface area contributed by atoms with Crippen molar-refractivity contribution in [2.45, 2.75) is 37.6 Å². The molecule has 0 bridgehead atoms. The van der Waals surface area contributed by atoms with Gasteiger partial charge in [0.1, 0.15) is 19.0 Å². The Labute approximate surface area is 117 Å². The van der Waals surface area contributed by atoms with E-state index in [-0.39, 0.29) is 6.04 Å². The molecule has 0 spiro atoms. The molecular weight excluding hydrogens is 254 g/mol. The lowest BCUT2D eigenvalue weighted by molar-refractivity contribution is 0.172. The van der Waals surface area contributed by atoms with Crippen LogP contribution in [0.4, 0.5) is 0 Å². The molecule has 0 amide bonds. The summed E-state index contributed by atoms with van der Waals surface area (Å²) in [6, 6.07) is 4.15. The van der Waals surface area contributed by atoms with E-state index in [0.717, 1.165) is 41.2 Å². The lowest BCUT2D eigenvalue weighted by atomic mass is 9.84. The summed E-state index contributed by atoms with van der Waals surface area (Å²) >= 11 is 0. The average Bonchev–Trinajstić information content (AvgIpc) is 2.87. The number of benzene rings is 1. The second-order valence-corrected chi connectivity index (χ2v) is 5.69. The van der Waals surface area contributed by atoms with Crippen molar-refractivity contribution in [2.24, 2.45) is 5.73 Å². The number of nitrogens with two attached hydrogens (primary N) is 1. The third kappa shape index (κ3) is 1.93. The largest absolute Gasteiger partial charge is 0.486 e. The minimum Gasteiger partial charge on any atom is -0.486 e. The Morgan fingerprint density at radius 3 is 2.65 bits per heavy atom. The van der Waals surface area contributed by atoms with Crippen LogP contribution in [0.1, 0.15) is 37.4 Å². The predicted octanol–water partition coefficient (Wildman–Crippen LogP) is 2.32. The van der Waals surface area contributed by atoms with Gasteiger partial charge in [0.15, 0.2) is 11.5 Å². The minimum atomic E-state index is 0.214. The number of ether oxygens (including phenoxy) is 2. The van der Waals surface area contributed by atoms with Gasteiger partial charge in [0.2, 0.25) is 0 Å². The number of hydrogen-bond donors (Lipinski definition) is 2. The summed E-state index contributed by atoms with van der Waals surface area (Å²) in [4.78, 5) is 8.14. The number of H-pyrrole nitrogens is 1.